The highest BCUT2D eigenvalue weighted by atomic mass is 16.6. The zero-order valence-electron chi connectivity index (χ0n) is 10.7. The normalized spacial score (nSPS) is 13.0. The molecular formula is C11H12N4O6. The quantitative estimate of drug-likeness (QED) is 0.225. The van der Waals surface area contributed by atoms with E-state index >= 15 is 0 Å². The molecule has 112 valence electrons. The van der Waals surface area contributed by atoms with Crippen molar-refractivity contribution >= 4 is 11.7 Å². The third kappa shape index (κ3) is 4.14. The highest BCUT2D eigenvalue weighted by Gasteiger charge is 2.27. The molecule has 2 atom stereocenters. The zero-order valence-corrected chi connectivity index (χ0v) is 10.7. The molecule has 1 rings (SSSR count). The number of carboxylic acid groups (broad SMARTS) is 1. The van der Waals surface area contributed by atoms with E-state index in [-0.39, 0.29) is 24.1 Å². The van der Waals surface area contributed by atoms with Crippen LogP contribution in [0.4, 0.5) is 5.69 Å². The van der Waals surface area contributed by atoms with Crippen molar-refractivity contribution in [2.24, 2.45) is 5.11 Å². The summed E-state index contributed by atoms with van der Waals surface area (Å²) in [5, 5.41) is 42.5. The molecule has 0 bridgehead atoms. The lowest BCUT2D eigenvalue weighted by Crippen LogP contribution is -2.20. The number of hydrogen-bond acceptors (Lipinski definition) is 6. The van der Waals surface area contributed by atoms with Crippen LogP contribution in [0.2, 0.25) is 0 Å². The van der Waals surface area contributed by atoms with Gasteiger partial charge in [-0.3, -0.25) is 10.1 Å². The van der Waals surface area contributed by atoms with Crippen molar-refractivity contribution in [1.82, 2.24) is 0 Å². The number of carboxylic acids is 1. The van der Waals surface area contributed by atoms with Gasteiger partial charge in [0, 0.05) is 17.5 Å². The highest BCUT2D eigenvalue weighted by Crippen LogP contribution is 2.29. The van der Waals surface area contributed by atoms with Gasteiger partial charge < -0.3 is 15.3 Å². The lowest BCUT2D eigenvalue weighted by atomic mass is 9.99. The monoisotopic (exact) mass is 296 g/mol. The fourth-order valence-electron chi connectivity index (χ4n) is 1.68. The second-order valence-electron chi connectivity index (χ2n) is 4.09. The van der Waals surface area contributed by atoms with Gasteiger partial charge in [-0.25, -0.2) is 4.79 Å². The molecule has 0 aliphatic rings. The number of hydrogen-bond donors (Lipinski definition) is 3. The van der Waals surface area contributed by atoms with Gasteiger partial charge in [-0.1, -0.05) is 5.11 Å². The number of aliphatic hydroxyl groups excluding tert-OH is 2. The number of nitro groups is 1. The number of carbonyl (C=O) groups is 1. The number of nitrogens with zero attached hydrogens (tertiary/aromatic N) is 4. The van der Waals surface area contributed by atoms with E-state index in [0.717, 1.165) is 18.2 Å². The van der Waals surface area contributed by atoms with Crippen molar-refractivity contribution < 1.29 is 25.0 Å². The summed E-state index contributed by atoms with van der Waals surface area (Å²) in [6, 6.07) is 2.97. The van der Waals surface area contributed by atoms with Crippen LogP contribution in [0.5, 0.6) is 0 Å². The number of aromatic carboxylic acids is 1. The van der Waals surface area contributed by atoms with E-state index in [4.69, 9.17) is 10.6 Å². The van der Waals surface area contributed by atoms with Crippen molar-refractivity contribution in [2.75, 3.05) is 6.54 Å². The fraction of sp³-hybridized carbons (Fsp3) is 0.364. The molecule has 0 spiro atoms. The number of azide groups is 1. The number of aliphatic hydroxyl groups is 2. The summed E-state index contributed by atoms with van der Waals surface area (Å²) in [5.74, 6) is -1.34. The Morgan fingerprint density at radius 3 is 2.67 bits per heavy atom. The molecule has 2 unspecified atom stereocenters. The Hall–Kier alpha value is -2.68. The molecule has 1 aromatic rings. The first kappa shape index (κ1) is 16.4. The molecule has 0 heterocycles. The topological polar surface area (TPSA) is 170 Å². The van der Waals surface area contributed by atoms with Gasteiger partial charge in [0.15, 0.2) is 0 Å². The van der Waals surface area contributed by atoms with Gasteiger partial charge in [-0.05, 0) is 24.1 Å². The van der Waals surface area contributed by atoms with Crippen molar-refractivity contribution in [3.8, 4) is 0 Å². The maximum absolute atomic E-state index is 10.9. The second-order valence-corrected chi connectivity index (χ2v) is 4.09. The Balaban J connectivity index is 3.07. The summed E-state index contributed by atoms with van der Waals surface area (Å²) in [4.78, 5) is 23.4. The van der Waals surface area contributed by atoms with E-state index in [1.165, 1.54) is 0 Å². The van der Waals surface area contributed by atoms with E-state index < -0.39 is 28.8 Å². The summed E-state index contributed by atoms with van der Waals surface area (Å²) in [6.45, 7) is -0.0876. The average molecular weight is 296 g/mol. The molecule has 10 heteroatoms. The van der Waals surface area contributed by atoms with Crippen molar-refractivity contribution in [1.29, 1.82) is 0 Å². The third-order valence-corrected chi connectivity index (χ3v) is 2.75. The molecule has 21 heavy (non-hydrogen) atoms. The standard InChI is InChI=1S/C11H12N4O6/c12-14-13-4-3-9(16)10(17)7-2-1-6(11(18)19)5-8(7)15(20)21/h1-2,5,9-10,16-17H,3-4H2,(H,18,19). The maximum atomic E-state index is 10.9. The minimum absolute atomic E-state index is 0.0876. The molecule has 0 amide bonds. The molecule has 0 saturated carbocycles. The minimum atomic E-state index is -1.60. The largest absolute Gasteiger partial charge is 0.478 e. The van der Waals surface area contributed by atoms with Crippen LogP contribution < -0.4 is 0 Å². The summed E-state index contributed by atoms with van der Waals surface area (Å²) in [6.07, 6.45) is -3.07. The van der Waals surface area contributed by atoms with Crippen LogP contribution in [0.3, 0.4) is 0 Å². The molecular weight excluding hydrogens is 284 g/mol. The molecule has 1 aromatic carbocycles. The lowest BCUT2D eigenvalue weighted by molar-refractivity contribution is -0.386. The van der Waals surface area contributed by atoms with Crippen molar-refractivity contribution in [2.45, 2.75) is 18.6 Å². The number of nitro benzene ring substituents is 1. The Kier molecular flexibility index (Phi) is 5.61. The molecule has 0 aliphatic heterocycles. The molecule has 0 radical (unpaired) electrons. The van der Waals surface area contributed by atoms with E-state index in [0.29, 0.717) is 0 Å². The summed E-state index contributed by atoms with van der Waals surface area (Å²) >= 11 is 0. The zero-order chi connectivity index (χ0) is 16.0. The number of benzene rings is 1. The highest BCUT2D eigenvalue weighted by molar-refractivity contribution is 5.88. The minimum Gasteiger partial charge on any atom is -0.478 e. The summed E-state index contributed by atoms with van der Waals surface area (Å²) in [7, 11) is 0. The first-order chi connectivity index (χ1) is 9.88. The molecule has 0 fully saturated rings. The van der Waals surface area contributed by atoms with Gasteiger partial charge in [0.1, 0.15) is 6.10 Å². The van der Waals surface area contributed by atoms with Crippen LogP contribution >= 0.6 is 0 Å². The van der Waals surface area contributed by atoms with Gasteiger partial charge in [0.25, 0.3) is 5.69 Å². The lowest BCUT2D eigenvalue weighted by Gasteiger charge is -2.17. The predicted molar refractivity (Wildman–Crippen MR) is 69.7 cm³/mol. The molecule has 0 saturated heterocycles. The van der Waals surface area contributed by atoms with Gasteiger partial charge in [0.2, 0.25) is 0 Å². The fourth-order valence-corrected chi connectivity index (χ4v) is 1.68. The van der Waals surface area contributed by atoms with Gasteiger partial charge in [0.05, 0.1) is 22.2 Å². The van der Waals surface area contributed by atoms with Crippen molar-refractivity contribution in [3.05, 3.63) is 49.9 Å². The van der Waals surface area contributed by atoms with Crippen LogP contribution in [0.15, 0.2) is 23.3 Å². The van der Waals surface area contributed by atoms with Crippen LogP contribution in [0, 0.1) is 10.1 Å². The summed E-state index contributed by atoms with van der Waals surface area (Å²) in [5.41, 5.74) is 6.98. The maximum Gasteiger partial charge on any atom is 0.335 e. The van der Waals surface area contributed by atoms with Crippen LogP contribution in [-0.2, 0) is 0 Å². The Labute approximate surface area is 118 Å². The molecule has 3 N–H and O–H groups in total. The van der Waals surface area contributed by atoms with E-state index in [1.807, 2.05) is 0 Å². The van der Waals surface area contributed by atoms with Crippen LogP contribution in [0.25, 0.3) is 10.4 Å². The van der Waals surface area contributed by atoms with Crippen molar-refractivity contribution in [3.63, 3.8) is 0 Å². The Morgan fingerprint density at radius 2 is 2.14 bits per heavy atom. The van der Waals surface area contributed by atoms with E-state index in [1.54, 1.807) is 0 Å². The molecule has 0 aromatic heterocycles. The van der Waals surface area contributed by atoms with E-state index in [9.17, 15) is 25.1 Å². The Bertz CT molecular complexity index is 598. The van der Waals surface area contributed by atoms with Gasteiger partial charge in [-0.15, -0.1) is 0 Å². The predicted octanol–water partition coefficient (Wildman–Crippen LogP) is 1.39. The van der Waals surface area contributed by atoms with Crippen LogP contribution in [-0.4, -0.2) is 38.9 Å². The first-order valence-electron chi connectivity index (χ1n) is 5.77. The van der Waals surface area contributed by atoms with Gasteiger partial charge in [-0.2, -0.15) is 0 Å². The van der Waals surface area contributed by atoms with Crippen LogP contribution in [0.1, 0.15) is 28.4 Å². The molecule has 0 aliphatic carbocycles. The second kappa shape index (κ2) is 7.20. The molecule has 10 nitrogen and oxygen atoms in total. The average Bonchev–Trinajstić information content (AvgIpc) is 2.45. The van der Waals surface area contributed by atoms with Gasteiger partial charge >= 0.3 is 5.97 Å². The summed E-state index contributed by atoms with van der Waals surface area (Å²) < 4.78 is 0. The SMILES string of the molecule is [N-]=[N+]=NCCC(O)C(O)c1ccc(C(=O)O)cc1[N+](=O)[O-]. The first-order valence-corrected chi connectivity index (χ1v) is 5.77. The Morgan fingerprint density at radius 1 is 1.48 bits per heavy atom. The number of rotatable bonds is 7. The van der Waals surface area contributed by atoms with E-state index in [2.05, 4.69) is 10.0 Å². The third-order valence-electron chi connectivity index (χ3n) is 2.75. The smallest absolute Gasteiger partial charge is 0.335 e.